The molecule has 0 bridgehead atoms. The van der Waals surface area contributed by atoms with E-state index in [0.29, 0.717) is 17.1 Å². The summed E-state index contributed by atoms with van der Waals surface area (Å²) in [6, 6.07) is 16.7. The number of carbonyl (C=O) groups is 1. The van der Waals surface area contributed by atoms with Crippen LogP contribution < -0.4 is 10.1 Å². The Morgan fingerprint density at radius 1 is 1.06 bits per heavy atom. The third-order valence-electron chi connectivity index (χ3n) is 4.98. The molecule has 2 aromatic carbocycles. The zero-order chi connectivity index (χ0) is 22.7. The highest BCUT2D eigenvalue weighted by molar-refractivity contribution is 7.98. The smallest absolute Gasteiger partial charge is 0.256 e. The number of amides is 1. The maximum absolute atomic E-state index is 13.4. The summed E-state index contributed by atoms with van der Waals surface area (Å²) in [5, 5.41) is 3.66. The van der Waals surface area contributed by atoms with Gasteiger partial charge in [0.15, 0.2) is 5.16 Å². The molecule has 1 amide bonds. The van der Waals surface area contributed by atoms with E-state index < -0.39 is 0 Å². The summed E-state index contributed by atoms with van der Waals surface area (Å²) in [5.74, 6) is 0.519. The van der Waals surface area contributed by atoms with Crippen molar-refractivity contribution in [2.75, 3.05) is 18.7 Å². The van der Waals surface area contributed by atoms with Crippen molar-refractivity contribution < 1.29 is 13.9 Å². The molecule has 0 spiro atoms. The number of thioether (sulfide) groups is 1. The number of imidazole rings is 1. The first kappa shape index (κ1) is 21.6. The van der Waals surface area contributed by atoms with Crippen LogP contribution in [0.25, 0.3) is 22.5 Å². The van der Waals surface area contributed by atoms with Gasteiger partial charge in [-0.2, -0.15) is 0 Å². The van der Waals surface area contributed by atoms with Crippen molar-refractivity contribution in [1.29, 1.82) is 0 Å². The van der Waals surface area contributed by atoms with Crippen LogP contribution in [-0.4, -0.2) is 33.8 Å². The molecule has 0 aliphatic carbocycles. The van der Waals surface area contributed by atoms with Crippen molar-refractivity contribution in [2.45, 2.75) is 5.16 Å². The van der Waals surface area contributed by atoms with Crippen molar-refractivity contribution >= 4 is 23.5 Å². The summed E-state index contributed by atoms with van der Waals surface area (Å²) in [6.45, 7) is 0. The Labute approximate surface area is 189 Å². The molecule has 0 fully saturated rings. The molecule has 0 aliphatic heterocycles. The number of methoxy groups -OCH3 is 1. The molecule has 2 heterocycles. The molecule has 162 valence electrons. The summed E-state index contributed by atoms with van der Waals surface area (Å²) in [7, 11) is 3.50. The number of ether oxygens (including phenoxy) is 1. The highest BCUT2D eigenvalue weighted by Crippen LogP contribution is 2.35. The Kier molecular flexibility index (Phi) is 6.23. The lowest BCUT2D eigenvalue weighted by atomic mass is 10.1. The van der Waals surface area contributed by atoms with Crippen LogP contribution in [0, 0.1) is 5.82 Å². The lowest BCUT2D eigenvalue weighted by molar-refractivity contribution is 0.102. The normalized spacial score (nSPS) is 10.8. The Bertz CT molecular complexity index is 1250. The SMILES string of the molecule is COc1ccc(C(=O)Nc2cc(-c3c(-c4ccc(F)cc4)nc(SC)n3C)ccn2)cc1. The molecule has 0 aliphatic rings. The Hall–Kier alpha value is -3.65. The van der Waals surface area contributed by atoms with E-state index in [0.717, 1.165) is 27.7 Å². The van der Waals surface area contributed by atoms with Crippen LogP contribution >= 0.6 is 11.8 Å². The highest BCUT2D eigenvalue weighted by Gasteiger charge is 2.19. The van der Waals surface area contributed by atoms with Crippen LogP contribution in [0.4, 0.5) is 10.2 Å². The third-order valence-corrected chi connectivity index (χ3v) is 5.71. The number of benzene rings is 2. The molecule has 0 atom stereocenters. The van der Waals surface area contributed by atoms with E-state index in [4.69, 9.17) is 9.72 Å². The number of aromatic nitrogens is 3. The van der Waals surface area contributed by atoms with Gasteiger partial charge >= 0.3 is 0 Å². The third kappa shape index (κ3) is 4.36. The minimum absolute atomic E-state index is 0.272. The Morgan fingerprint density at radius 2 is 1.78 bits per heavy atom. The minimum Gasteiger partial charge on any atom is -0.497 e. The lowest BCUT2D eigenvalue weighted by Gasteiger charge is -2.10. The van der Waals surface area contributed by atoms with E-state index >= 15 is 0 Å². The summed E-state index contributed by atoms with van der Waals surface area (Å²) in [4.78, 5) is 21.7. The van der Waals surface area contributed by atoms with E-state index in [1.165, 1.54) is 23.9 Å². The number of nitrogens with one attached hydrogen (secondary N) is 1. The number of anilines is 1. The van der Waals surface area contributed by atoms with Crippen LogP contribution in [0.2, 0.25) is 0 Å². The molecule has 0 saturated heterocycles. The zero-order valence-electron chi connectivity index (χ0n) is 17.8. The molecule has 6 nitrogen and oxygen atoms in total. The van der Waals surface area contributed by atoms with Crippen LogP contribution in [0.3, 0.4) is 0 Å². The lowest BCUT2D eigenvalue weighted by Crippen LogP contribution is -2.12. The second-order valence-electron chi connectivity index (χ2n) is 6.97. The molecule has 0 saturated carbocycles. The average Bonchev–Trinajstić information content (AvgIpc) is 3.16. The van der Waals surface area contributed by atoms with Crippen molar-refractivity contribution in [3.05, 3.63) is 78.2 Å². The fourth-order valence-electron chi connectivity index (χ4n) is 3.38. The molecular formula is C24H21FN4O2S. The summed E-state index contributed by atoms with van der Waals surface area (Å²) in [5.41, 5.74) is 3.71. The number of carbonyl (C=O) groups excluding carboxylic acids is 1. The van der Waals surface area contributed by atoms with Crippen LogP contribution in [-0.2, 0) is 7.05 Å². The van der Waals surface area contributed by atoms with Gasteiger partial charge in [-0.1, -0.05) is 11.8 Å². The minimum atomic E-state index is -0.302. The molecule has 4 aromatic rings. The van der Waals surface area contributed by atoms with Gasteiger partial charge in [-0.15, -0.1) is 0 Å². The number of pyridine rings is 1. The molecular weight excluding hydrogens is 427 g/mol. The van der Waals surface area contributed by atoms with Crippen molar-refractivity contribution in [3.63, 3.8) is 0 Å². The van der Waals surface area contributed by atoms with Gasteiger partial charge in [0.2, 0.25) is 0 Å². The molecule has 8 heteroatoms. The standard InChI is InChI=1S/C24H21FN4O2S/c1-29-22(21(28-24(29)32-3)15-4-8-18(25)9-5-15)17-12-13-26-20(14-17)27-23(30)16-6-10-19(31-2)11-7-16/h4-14H,1-3H3,(H,26,27,30). The van der Waals surface area contributed by atoms with E-state index in [-0.39, 0.29) is 11.7 Å². The first-order valence-corrected chi connectivity index (χ1v) is 11.0. The molecule has 32 heavy (non-hydrogen) atoms. The first-order valence-electron chi connectivity index (χ1n) is 9.78. The molecule has 2 aromatic heterocycles. The second kappa shape index (κ2) is 9.23. The van der Waals surface area contributed by atoms with Gasteiger partial charge in [0.25, 0.3) is 5.91 Å². The fourth-order valence-corrected chi connectivity index (χ4v) is 3.92. The van der Waals surface area contributed by atoms with Gasteiger partial charge in [0, 0.05) is 29.9 Å². The number of hydrogen-bond acceptors (Lipinski definition) is 5. The van der Waals surface area contributed by atoms with Crippen LogP contribution in [0.1, 0.15) is 10.4 Å². The zero-order valence-corrected chi connectivity index (χ0v) is 18.6. The van der Waals surface area contributed by atoms with E-state index in [1.54, 1.807) is 55.8 Å². The quantitative estimate of drug-likeness (QED) is 0.407. The van der Waals surface area contributed by atoms with Crippen molar-refractivity contribution in [1.82, 2.24) is 14.5 Å². The van der Waals surface area contributed by atoms with E-state index in [2.05, 4.69) is 10.3 Å². The van der Waals surface area contributed by atoms with Crippen molar-refractivity contribution in [2.24, 2.45) is 7.05 Å². The van der Waals surface area contributed by atoms with Gasteiger partial charge in [0.05, 0.1) is 18.5 Å². The predicted octanol–water partition coefficient (Wildman–Crippen LogP) is 5.27. The number of halogens is 1. The maximum Gasteiger partial charge on any atom is 0.256 e. The van der Waals surface area contributed by atoms with Gasteiger partial charge in [-0.05, 0) is 66.9 Å². The molecule has 0 radical (unpaired) electrons. The Morgan fingerprint density at radius 3 is 2.44 bits per heavy atom. The largest absolute Gasteiger partial charge is 0.497 e. The summed E-state index contributed by atoms with van der Waals surface area (Å²) in [6.07, 6.45) is 3.59. The fraction of sp³-hybridized carbons (Fsp3) is 0.125. The monoisotopic (exact) mass is 448 g/mol. The molecule has 1 N–H and O–H groups in total. The first-order chi connectivity index (χ1) is 15.5. The Balaban J connectivity index is 1.69. The summed E-state index contributed by atoms with van der Waals surface area (Å²) < 4.78 is 20.6. The maximum atomic E-state index is 13.4. The van der Waals surface area contributed by atoms with E-state index in [1.807, 2.05) is 23.9 Å². The molecule has 4 rings (SSSR count). The summed E-state index contributed by atoms with van der Waals surface area (Å²) >= 11 is 1.52. The number of nitrogens with zero attached hydrogens (tertiary/aromatic N) is 3. The van der Waals surface area contributed by atoms with Crippen LogP contribution in [0.5, 0.6) is 5.75 Å². The van der Waals surface area contributed by atoms with Crippen molar-refractivity contribution in [3.8, 4) is 28.3 Å². The van der Waals surface area contributed by atoms with Gasteiger partial charge < -0.3 is 14.6 Å². The van der Waals surface area contributed by atoms with Gasteiger partial charge in [-0.25, -0.2) is 14.4 Å². The van der Waals surface area contributed by atoms with Gasteiger partial charge in [-0.3, -0.25) is 4.79 Å². The highest BCUT2D eigenvalue weighted by atomic mass is 32.2. The number of rotatable bonds is 6. The average molecular weight is 449 g/mol. The number of hydrogen-bond donors (Lipinski definition) is 1. The van der Waals surface area contributed by atoms with E-state index in [9.17, 15) is 9.18 Å². The van der Waals surface area contributed by atoms with Gasteiger partial charge in [0.1, 0.15) is 17.4 Å². The topological polar surface area (TPSA) is 69.0 Å². The predicted molar refractivity (Wildman–Crippen MR) is 125 cm³/mol. The van der Waals surface area contributed by atoms with Crippen LogP contribution in [0.15, 0.2) is 72.0 Å². The second-order valence-corrected chi connectivity index (χ2v) is 7.75. The molecule has 0 unspecified atom stereocenters.